The molecule has 19 heavy (non-hydrogen) atoms. The van der Waals surface area contributed by atoms with E-state index in [1.54, 1.807) is 18.2 Å². The van der Waals surface area contributed by atoms with Crippen LogP contribution in [0.1, 0.15) is 12.5 Å². The molecule has 3 nitrogen and oxygen atoms in total. The molecule has 0 saturated heterocycles. The predicted octanol–water partition coefficient (Wildman–Crippen LogP) is 2.52. The maximum absolute atomic E-state index is 13.0. The molecule has 106 valence electrons. The van der Waals surface area contributed by atoms with Crippen LogP contribution in [-0.4, -0.2) is 29.7 Å². The molecule has 0 unspecified atom stereocenters. The van der Waals surface area contributed by atoms with Crippen LogP contribution in [0.2, 0.25) is 0 Å². The van der Waals surface area contributed by atoms with Crippen molar-refractivity contribution in [2.45, 2.75) is 25.8 Å². The van der Waals surface area contributed by atoms with Crippen LogP contribution in [0.25, 0.3) is 0 Å². The minimum Gasteiger partial charge on any atom is -0.399 e. The van der Waals surface area contributed by atoms with Crippen LogP contribution in [0, 0.1) is 0 Å². The lowest BCUT2D eigenvalue weighted by Gasteiger charge is -2.25. The second kappa shape index (κ2) is 5.90. The Bertz CT molecular complexity index is 451. The molecule has 7 heteroatoms. The minimum absolute atomic E-state index is 0.101. The number of nitrogens with two attached hydrogens (primary N) is 1. The highest BCUT2D eigenvalue weighted by Gasteiger charge is 2.50. The molecule has 0 radical (unpaired) electrons. The standard InChI is InChI=1S/C12H14F4N2O/c1-2-18(11(19)12(15,16)10(13)14)7-8-4-3-5-9(17)6-8/h3-6,10H,2,7,17H2,1H3. The molecule has 1 aromatic rings. The Labute approximate surface area is 108 Å². The van der Waals surface area contributed by atoms with E-state index in [1.165, 1.54) is 13.0 Å². The van der Waals surface area contributed by atoms with Crippen molar-refractivity contribution in [1.82, 2.24) is 4.90 Å². The van der Waals surface area contributed by atoms with E-state index in [1.807, 2.05) is 0 Å². The zero-order chi connectivity index (χ0) is 14.6. The first-order valence-corrected chi connectivity index (χ1v) is 5.58. The molecule has 2 N–H and O–H groups in total. The molecule has 0 aliphatic heterocycles. The number of rotatable bonds is 5. The van der Waals surface area contributed by atoms with Crippen LogP contribution in [0.3, 0.4) is 0 Å². The summed E-state index contributed by atoms with van der Waals surface area (Å²) in [5, 5.41) is 0. The smallest absolute Gasteiger partial charge is 0.383 e. The molecular formula is C12H14F4N2O. The molecule has 0 aromatic heterocycles. The first-order chi connectivity index (χ1) is 8.78. The van der Waals surface area contributed by atoms with E-state index in [4.69, 9.17) is 5.73 Å². The number of carbonyl (C=O) groups is 1. The van der Waals surface area contributed by atoms with Crippen LogP contribution < -0.4 is 5.73 Å². The fraction of sp³-hybridized carbons (Fsp3) is 0.417. The largest absolute Gasteiger partial charge is 0.399 e. The van der Waals surface area contributed by atoms with Gasteiger partial charge in [-0.05, 0) is 24.6 Å². The van der Waals surface area contributed by atoms with Crippen molar-refractivity contribution >= 4 is 11.6 Å². The Morgan fingerprint density at radius 3 is 2.53 bits per heavy atom. The van der Waals surface area contributed by atoms with Gasteiger partial charge in [0.25, 0.3) is 5.91 Å². The van der Waals surface area contributed by atoms with Crippen molar-refractivity contribution in [2.24, 2.45) is 0 Å². The fourth-order valence-electron chi connectivity index (χ4n) is 1.54. The van der Waals surface area contributed by atoms with Crippen LogP contribution in [-0.2, 0) is 11.3 Å². The quantitative estimate of drug-likeness (QED) is 0.664. The van der Waals surface area contributed by atoms with E-state index in [9.17, 15) is 22.4 Å². The minimum atomic E-state index is -4.67. The molecule has 0 saturated carbocycles. The molecule has 1 aromatic carbocycles. The van der Waals surface area contributed by atoms with Gasteiger partial charge in [0.1, 0.15) is 0 Å². The summed E-state index contributed by atoms with van der Waals surface area (Å²) in [4.78, 5) is 12.1. The summed E-state index contributed by atoms with van der Waals surface area (Å²) in [6, 6.07) is 6.26. The third-order valence-corrected chi connectivity index (χ3v) is 2.55. The highest BCUT2D eigenvalue weighted by Crippen LogP contribution is 2.26. The number of halogens is 4. The van der Waals surface area contributed by atoms with Crippen LogP contribution >= 0.6 is 0 Å². The number of carbonyl (C=O) groups excluding carboxylic acids is 1. The highest BCUT2D eigenvalue weighted by molar-refractivity contribution is 5.84. The Morgan fingerprint density at radius 1 is 1.42 bits per heavy atom. The molecule has 0 fully saturated rings. The predicted molar refractivity (Wildman–Crippen MR) is 62.9 cm³/mol. The van der Waals surface area contributed by atoms with Crippen molar-refractivity contribution < 1.29 is 22.4 Å². The van der Waals surface area contributed by atoms with Crippen molar-refractivity contribution in [3.63, 3.8) is 0 Å². The number of nitrogens with zero attached hydrogens (tertiary/aromatic N) is 1. The van der Waals surface area contributed by atoms with Crippen LogP contribution in [0.5, 0.6) is 0 Å². The molecule has 0 spiro atoms. The van der Waals surface area contributed by atoms with Gasteiger partial charge in [-0.25, -0.2) is 8.78 Å². The maximum Gasteiger partial charge on any atom is 0.383 e. The third-order valence-electron chi connectivity index (χ3n) is 2.55. The molecule has 1 rings (SSSR count). The van der Waals surface area contributed by atoms with E-state index in [-0.39, 0.29) is 13.1 Å². The molecule has 0 bridgehead atoms. The fourth-order valence-corrected chi connectivity index (χ4v) is 1.54. The summed E-state index contributed by atoms with van der Waals surface area (Å²) in [7, 11) is 0. The molecule has 0 atom stereocenters. The summed E-state index contributed by atoms with van der Waals surface area (Å²) in [6.07, 6.45) is -4.02. The Hall–Kier alpha value is -1.79. The van der Waals surface area contributed by atoms with Gasteiger partial charge in [-0.2, -0.15) is 8.78 Å². The van der Waals surface area contributed by atoms with Crippen molar-refractivity contribution in [2.75, 3.05) is 12.3 Å². The van der Waals surface area contributed by atoms with Gasteiger partial charge in [0, 0.05) is 18.8 Å². The summed E-state index contributed by atoms with van der Waals surface area (Å²) >= 11 is 0. The normalized spacial score (nSPS) is 11.7. The van der Waals surface area contributed by atoms with E-state index in [0.717, 1.165) is 0 Å². The van der Waals surface area contributed by atoms with Gasteiger partial charge in [-0.15, -0.1) is 0 Å². The van der Waals surface area contributed by atoms with Crippen molar-refractivity contribution in [3.8, 4) is 0 Å². The third kappa shape index (κ3) is 3.59. The topological polar surface area (TPSA) is 46.3 Å². The lowest BCUT2D eigenvalue weighted by Crippen LogP contribution is -2.47. The van der Waals surface area contributed by atoms with Gasteiger partial charge in [-0.3, -0.25) is 4.79 Å². The highest BCUT2D eigenvalue weighted by atomic mass is 19.3. The van der Waals surface area contributed by atoms with E-state index in [0.29, 0.717) is 16.2 Å². The van der Waals surface area contributed by atoms with Crippen LogP contribution in [0.15, 0.2) is 24.3 Å². The monoisotopic (exact) mass is 278 g/mol. The number of benzene rings is 1. The molecule has 1 amide bonds. The van der Waals surface area contributed by atoms with E-state index in [2.05, 4.69) is 0 Å². The summed E-state index contributed by atoms with van der Waals surface area (Å²) in [5.74, 6) is -6.55. The Balaban J connectivity index is 2.87. The summed E-state index contributed by atoms with van der Waals surface area (Å²) in [6.45, 7) is 1.14. The zero-order valence-corrected chi connectivity index (χ0v) is 10.2. The SMILES string of the molecule is CCN(Cc1cccc(N)c1)C(=O)C(F)(F)C(F)F. The number of nitrogen functional groups attached to an aromatic ring is 1. The Kier molecular flexibility index (Phi) is 4.74. The number of alkyl halides is 4. The van der Waals surface area contributed by atoms with E-state index >= 15 is 0 Å². The van der Waals surface area contributed by atoms with Gasteiger partial charge < -0.3 is 10.6 Å². The lowest BCUT2D eigenvalue weighted by atomic mass is 10.1. The van der Waals surface area contributed by atoms with Crippen molar-refractivity contribution in [3.05, 3.63) is 29.8 Å². The van der Waals surface area contributed by atoms with Gasteiger partial charge in [0.05, 0.1) is 0 Å². The summed E-state index contributed by atoms with van der Waals surface area (Å²) < 4.78 is 50.3. The van der Waals surface area contributed by atoms with Gasteiger partial charge in [-0.1, -0.05) is 12.1 Å². The maximum atomic E-state index is 13.0. The zero-order valence-electron chi connectivity index (χ0n) is 10.2. The van der Waals surface area contributed by atoms with E-state index < -0.39 is 18.3 Å². The van der Waals surface area contributed by atoms with Gasteiger partial charge in [0.2, 0.25) is 0 Å². The second-order valence-electron chi connectivity index (χ2n) is 3.99. The second-order valence-corrected chi connectivity index (χ2v) is 3.99. The summed E-state index contributed by atoms with van der Waals surface area (Å²) in [5.41, 5.74) is 6.42. The number of hydrogen-bond donors (Lipinski definition) is 1. The molecule has 0 aliphatic carbocycles. The average molecular weight is 278 g/mol. The average Bonchev–Trinajstić information content (AvgIpc) is 2.35. The van der Waals surface area contributed by atoms with Gasteiger partial charge in [0.15, 0.2) is 0 Å². The molecule has 0 aliphatic rings. The van der Waals surface area contributed by atoms with Crippen LogP contribution in [0.4, 0.5) is 23.2 Å². The van der Waals surface area contributed by atoms with Gasteiger partial charge >= 0.3 is 12.3 Å². The lowest BCUT2D eigenvalue weighted by molar-refractivity contribution is -0.181. The van der Waals surface area contributed by atoms with Crippen molar-refractivity contribution in [1.29, 1.82) is 0 Å². The molecular weight excluding hydrogens is 264 g/mol. The number of anilines is 1. The first-order valence-electron chi connectivity index (χ1n) is 5.58. The number of hydrogen-bond acceptors (Lipinski definition) is 2. The molecule has 0 heterocycles. The Morgan fingerprint density at radius 2 is 2.05 bits per heavy atom. The number of amides is 1. The first kappa shape index (κ1) is 15.3.